The average molecular weight is 349 g/mol. The van der Waals surface area contributed by atoms with E-state index < -0.39 is 5.97 Å². The maximum absolute atomic E-state index is 13.1. The fourth-order valence-corrected chi connectivity index (χ4v) is 3.00. The summed E-state index contributed by atoms with van der Waals surface area (Å²) in [7, 11) is 1.29. The van der Waals surface area contributed by atoms with Crippen molar-refractivity contribution in [1.82, 2.24) is 0 Å². The third-order valence-electron chi connectivity index (χ3n) is 4.25. The average Bonchev–Trinajstić information content (AvgIpc) is 2.86. The van der Waals surface area contributed by atoms with Gasteiger partial charge < -0.3 is 9.84 Å². The molecule has 0 fully saturated rings. The summed E-state index contributed by atoms with van der Waals surface area (Å²) in [4.78, 5) is 26.9. The van der Waals surface area contributed by atoms with Crippen molar-refractivity contribution in [3.05, 3.63) is 76.5 Å². The van der Waals surface area contributed by atoms with Gasteiger partial charge in [-0.2, -0.15) is 0 Å². The molecule has 0 unspecified atom stereocenters. The standard InChI is InChI=1S/C21H19NO4/c1-13-5-4-6-16(11-13)22-14(2)19(21(25)26-3)18(20(22)24)12-15-7-9-17(23)10-8-15/h4-12,23H,1-3H3/b18-12-. The molecule has 0 aliphatic carbocycles. The lowest BCUT2D eigenvalue weighted by Gasteiger charge is -2.18. The van der Waals surface area contributed by atoms with Gasteiger partial charge in [-0.15, -0.1) is 0 Å². The Morgan fingerprint density at radius 3 is 2.42 bits per heavy atom. The second-order valence-electron chi connectivity index (χ2n) is 6.08. The van der Waals surface area contributed by atoms with E-state index in [4.69, 9.17) is 4.74 Å². The summed E-state index contributed by atoms with van der Waals surface area (Å²) in [6.45, 7) is 3.67. The highest BCUT2D eigenvalue weighted by Crippen LogP contribution is 2.35. The molecule has 0 saturated carbocycles. The van der Waals surface area contributed by atoms with Crippen LogP contribution in [0.1, 0.15) is 18.1 Å². The van der Waals surface area contributed by atoms with Crippen LogP contribution in [0.25, 0.3) is 6.08 Å². The van der Waals surface area contributed by atoms with Crippen molar-refractivity contribution >= 4 is 23.6 Å². The smallest absolute Gasteiger partial charge is 0.340 e. The van der Waals surface area contributed by atoms with Gasteiger partial charge in [0.05, 0.1) is 18.3 Å². The number of phenols is 1. The van der Waals surface area contributed by atoms with E-state index >= 15 is 0 Å². The number of hydrogen-bond donors (Lipinski definition) is 1. The van der Waals surface area contributed by atoms with Gasteiger partial charge in [0.25, 0.3) is 5.91 Å². The molecule has 5 nitrogen and oxygen atoms in total. The Bertz CT molecular complexity index is 939. The minimum Gasteiger partial charge on any atom is -0.508 e. The Balaban J connectivity index is 2.13. The van der Waals surface area contributed by atoms with E-state index in [0.29, 0.717) is 16.9 Å². The molecule has 2 aromatic carbocycles. The SMILES string of the molecule is COC(=O)C1=C(C)N(c2cccc(C)c2)C(=O)/C1=C\c1ccc(O)cc1. The Labute approximate surface area is 151 Å². The topological polar surface area (TPSA) is 66.8 Å². The number of carbonyl (C=O) groups excluding carboxylic acids is 2. The van der Waals surface area contributed by atoms with Crippen molar-refractivity contribution in [1.29, 1.82) is 0 Å². The summed E-state index contributed by atoms with van der Waals surface area (Å²) in [5.41, 5.74) is 3.44. The number of methoxy groups -OCH3 is 1. The van der Waals surface area contributed by atoms with Crippen LogP contribution < -0.4 is 4.90 Å². The highest BCUT2D eigenvalue weighted by molar-refractivity contribution is 6.23. The van der Waals surface area contributed by atoms with E-state index in [0.717, 1.165) is 5.56 Å². The van der Waals surface area contributed by atoms with Crippen LogP contribution in [0.15, 0.2) is 65.4 Å². The zero-order chi connectivity index (χ0) is 18.8. The number of aryl methyl sites for hydroxylation is 1. The number of phenolic OH excluding ortho intramolecular Hbond substituents is 1. The summed E-state index contributed by atoms with van der Waals surface area (Å²) in [6, 6.07) is 13.9. The molecule has 132 valence electrons. The summed E-state index contributed by atoms with van der Waals surface area (Å²) >= 11 is 0. The molecular formula is C21H19NO4. The Morgan fingerprint density at radius 2 is 1.81 bits per heavy atom. The number of esters is 1. The van der Waals surface area contributed by atoms with E-state index in [9.17, 15) is 14.7 Å². The molecule has 0 bridgehead atoms. The van der Waals surface area contributed by atoms with Gasteiger partial charge in [0.15, 0.2) is 0 Å². The molecule has 2 aromatic rings. The second-order valence-corrected chi connectivity index (χ2v) is 6.08. The van der Waals surface area contributed by atoms with Crippen LogP contribution in [0.2, 0.25) is 0 Å². The molecule has 3 rings (SSSR count). The maximum atomic E-state index is 13.1. The Hall–Kier alpha value is -3.34. The molecule has 0 saturated heterocycles. The van der Waals surface area contributed by atoms with Gasteiger partial charge in [-0.05, 0) is 55.3 Å². The van der Waals surface area contributed by atoms with Crippen LogP contribution in [0.4, 0.5) is 5.69 Å². The first-order valence-electron chi connectivity index (χ1n) is 8.14. The highest BCUT2D eigenvalue weighted by atomic mass is 16.5. The number of carbonyl (C=O) groups is 2. The lowest BCUT2D eigenvalue weighted by molar-refractivity contribution is -0.136. The van der Waals surface area contributed by atoms with Gasteiger partial charge >= 0.3 is 5.97 Å². The fraction of sp³-hybridized carbons (Fsp3) is 0.143. The molecule has 1 amide bonds. The summed E-state index contributed by atoms with van der Waals surface area (Å²) < 4.78 is 4.89. The Kier molecular flexibility index (Phi) is 4.63. The number of nitrogens with zero attached hydrogens (tertiary/aromatic N) is 1. The lowest BCUT2D eigenvalue weighted by Crippen LogP contribution is -2.24. The van der Waals surface area contributed by atoms with Crippen molar-refractivity contribution in [3.63, 3.8) is 0 Å². The second kappa shape index (κ2) is 6.88. The zero-order valence-corrected chi connectivity index (χ0v) is 14.8. The molecule has 0 atom stereocenters. The van der Waals surface area contributed by atoms with Gasteiger partial charge in [0, 0.05) is 11.4 Å². The first kappa shape index (κ1) is 17.5. The molecule has 1 aliphatic rings. The number of allylic oxidation sites excluding steroid dienone is 1. The number of anilines is 1. The normalized spacial score (nSPS) is 15.7. The Morgan fingerprint density at radius 1 is 1.12 bits per heavy atom. The largest absolute Gasteiger partial charge is 0.508 e. The van der Waals surface area contributed by atoms with Crippen LogP contribution in [0, 0.1) is 6.92 Å². The number of rotatable bonds is 3. The molecule has 5 heteroatoms. The van der Waals surface area contributed by atoms with Crippen LogP contribution in [-0.4, -0.2) is 24.1 Å². The predicted octanol–water partition coefficient (Wildman–Crippen LogP) is 3.58. The van der Waals surface area contributed by atoms with Gasteiger partial charge in [-0.25, -0.2) is 4.79 Å². The minimum atomic E-state index is -0.559. The molecule has 1 aliphatic heterocycles. The van der Waals surface area contributed by atoms with Crippen molar-refractivity contribution < 1.29 is 19.4 Å². The van der Waals surface area contributed by atoms with Crippen LogP contribution in [0.5, 0.6) is 5.75 Å². The van der Waals surface area contributed by atoms with E-state index in [1.807, 2.05) is 31.2 Å². The fourth-order valence-electron chi connectivity index (χ4n) is 3.00. The summed E-state index contributed by atoms with van der Waals surface area (Å²) in [5, 5.41) is 9.43. The molecule has 1 heterocycles. The molecule has 0 radical (unpaired) electrons. The third-order valence-corrected chi connectivity index (χ3v) is 4.25. The third kappa shape index (κ3) is 3.11. The molecule has 0 aromatic heterocycles. The maximum Gasteiger partial charge on any atom is 0.340 e. The van der Waals surface area contributed by atoms with Crippen LogP contribution in [-0.2, 0) is 14.3 Å². The van der Waals surface area contributed by atoms with Crippen molar-refractivity contribution in [3.8, 4) is 5.75 Å². The van der Waals surface area contributed by atoms with Gasteiger partial charge in [0.1, 0.15) is 5.75 Å². The van der Waals surface area contributed by atoms with Gasteiger partial charge in [0.2, 0.25) is 0 Å². The van der Waals surface area contributed by atoms with Gasteiger partial charge in [-0.3, -0.25) is 9.69 Å². The molecule has 26 heavy (non-hydrogen) atoms. The predicted molar refractivity (Wildman–Crippen MR) is 99.5 cm³/mol. The van der Waals surface area contributed by atoms with Crippen molar-refractivity contribution in [2.24, 2.45) is 0 Å². The highest BCUT2D eigenvalue weighted by Gasteiger charge is 2.37. The van der Waals surface area contributed by atoms with Crippen molar-refractivity contribution in [2.45, 2.75) is 13.8 Å². The molecule has 0 spiro atoms. The van der Waals surface area contributed by atoms with Crippen LogP contribution >= 0.6 is 0 Å². The quantitative estimate of drug-likeness (QED) is 0.679. The zero-order valence-electron chi connectivity index (χ0n) is 14.8. The first-order valence-corrected chi connectivity index (χ1v) is 8.14. The van der Waals surface area contributed by atoms with E-state index in [1.54, 1.807) is 25.1 Å². The van der Waals surface area contributed by atoms with Crippen molar-refractivity contribution in [2.75, 3.05) is 12.0 Å². The number of ether oxygens (including phenoxy) is 1. The number of amides is 1. The van der Waals surface area contributed by atoms with E-state index in [-0.39, 0.29) is 22.8 Å². The minimum absolute atomic E-state index is 0.131. The number of hydrogen-bond acceptors (Lipinski definition) is 4. The lowest BCUT2D eigenvalue weighted by atomic mass is 10.0. The van der Waals surface area contributed by atoms with Gasteiger partial charge in [-0.1, -0.05) is 24.3 Å². The molecular weight excluding hydrogens is 330 g/mol. The van der Waals surface area contributed by atoms with E-state index in [1.165, 1.54) is 24.1 Å². The first-order chi connectivity index (χ1) is 12.4. The molecule has 1 N–H and O–H groups in total. The van der Waals surface area contributed by atoms with Crippen LogP contribution in [0.3, 0.4) is 0 Å². The monoisotopic (exact) mass is 349 g/mol. The number of benzene rings is 2. The van der Waals surface area contributed by atoms with E-state index in [2.05, 4.69) is 0 Å². The summed E-state index contributed by atoms with van der Waals surface area (Å²) in [6.07, 6.45) is 1.63. The summed E-state index contributed by atoms with van der Waals surface area (Å²) in [5.74, 6) is -0.719. The number of aromatic hydroxyl groups is 1.